The Morgan fingerprint density at radius 2 is 1.66 bits per heavy atom. The van der Waals surface area contributed by atoms with Crippen LogP contribution in [0.15, 0.2) is 72.8 Å². The maximum atomic E-state index is 14.8. The number of ether oxygens (including phenoxy) is 2. The van der Waals surface area contributed by atoms with Crippen molar-refractivity contribution < 1.29 is 27.8 Å². The van der Waals surface area contributed by atoms with E-state index in [0.717, 1.165) is 0 Å². The van der Waals surface area contributed by atoms with Crippen LogP contribution in [-0.4, -0.2) is 35.4 Å². The molecule has 0 aliphatic heterocycles. The fraction of sp³-hybridized carbons (Fsp3) is 0.115. The number of nitrogens with one attached hydrogen (secondary N) is 1. The number of methoxy groups -OCH3 is 1. The quantitative estimate of drug-likeness (QED) is 0.379. The molecule has 1 heterocycles. The highest BCUT2D eigenvalue weighted by molar-refractivity contribution is 5.93. The van der Waals surface area contributed by atoms with Gasteiger partial charge in [-0.25, -0.2) is 8.78 Å². The van der Waals surface area contributed by atoms with Crippen LogP contribution in [0, 0.1) is 11.6 Å². The third-order valence-corrected chi connectivity index (χ3v) is 5.02. The molecule has 0 unspecified atom stereocenters. The van der Waals surface area contributed by atoms with Gasteiger partial charge in [0.2, 0.25) is 11.8 Å². The zero-order chi connectivity index (χ0) is 24.9. The number of esters is 1. The normalized spacial score (nSPS) is 10.7. The van der Waals surface area contributed by atoms with E-state index in [1.807, 2.05) is 0 Å². The van der Waals surface area contributed by atoms with Crippen LogP contribution < -0.4 is 10.1 Å². The van der Waals surface area contributed by atoms with E-state index in [2.05, 4.69) is 10.4 Å². The molecular weight excluding hydrogens is 456 g/mol. The average molecular weight is 477 g/mol. The molecule has 3 aromatic carbocycles. The molecule has 0 fully saturated rings. The van der Waals surface area contributed by atoms with Crippen molar-refractivity contribution in [3.05, 3.63) is 84.4 Å². The van der Waals surface area contributed by atoms with Gasteiger partial charge in [-0.2, -0.15) is 9.78 Å². The topological polar surface area (TPSA) is 82.4 Å². The average Bonchev–Trinajstić information content (AvgIpc) is 3.18. The molecule has 0 saturated heterocycles. The zero-order valence-corrected chi connectivity index (χ0v) is 18.9. The lowest BCUT2D eigenvalue weighted by atomic mass is 10.0. The summed E-state index contributed by atoms with van der Waals surface area (Å²) in [5, 5.41) is 7.25. The minimum Gasteiger partial charge on any atom is -0.407 e. The van der Waals surface area contributed by atoms with Crippen molar-refractivity contribution >= 4 is 17.6 Å². The van der Waals surface area contributed by atoms with Crippen molar-refractivity contribution in [3.63, 3.8) is 0 Å². The van der Waals surface area contributed by atoms with Crippen molar-refractivity contribution in [1.82, 2.24) is 9.78 Å². The van der Waals surface area contributed by atoms with Crippen molar-refractivity contribution in [2.24, 2.45) is 0 Å². The van der Waals surface area contributed by atoms with E-state index in [0.29, 0.717) is 22.5 Å². The SMILES string of the molecule is COCC(=O)Nc1ccc(-c2c(-c3ccccc3F)nn(-c3ccc(F)cc3)c2OC(C)=O)cc1. The van der Waals surface area contributed by atoms with Gasteiger partial charge in [0.05, 0.1) is 11.3 Å². The molecule has 0 aliphatic carbocycles. The number of carbonyl (C=O) groups excluding carboxylic acids is 2. The van der Waals surface area contributed by atoms with Crippen molar-refractivity contribution in [1.29, 1.82) is 0 Å². The van der Waals surface area contributed by atoms with Crippen LogP contribution >= 0.6 is 0 Å². The van der Waals surface area contributed by atoms with E-state index in [-0.39, 0.29) is 29.7 Å². The smallest absolute Gasteiger partial charge is 0.309 e. The minimum atomic E-state index is -0.613. The third kappa shape index (κ3) is 5.25. The largest absolute Gasteiger partial charge is 0.407 e. The summed E-state index contributed by atoms with van der Waals surface area (Å²) in [6, 6.07) is 18.2. The summed E-state index contributed by atoms with van der Waals surface area (Å²) in [6.07, 6.45) is 0. The lowest BCUT2D eigenvalue weighted by Gasteiger charge is -2.10. The van der Waals surface area contributed by atoms with Gasteiger partial charge < -0.3 is 14.8 Å². The van der Waals surface area contributed by atoms with Gasteiger partial charge in [0, 0.05) is 25.3 Å². The molecule has 4 aromatic rings. The molecule has 9 heteroatoms. The Labute approximate surface area is 199 Å². The van der Waals surface area contributed by atoms with Crippen molar-refractivity contribution in [3.8, 4) is 34.0 Å². The Balaban J connectivity index is 1.91. The number of rotatable bonds is 7. The predicted octanol–water partition coefficient (Wildman–Crippen LogP) is 4.99. The maximum Gasteiger partial charge on any atom is 0.309 e. The standard InChI is InChI=1S/C26H21F2N3O4/c1-16(32)35-26-24(17-7-11-19(12-8-17)29-23(33)15-34-2)25(21-5-3-4-6-22(21)28)30-31(26)20-13-9-18(27)10-14-20/h3-14H,15H2,1-2H3,(H,29,33). The Hall–Kier alpha value is -4.37. The fourth-order valence-electron chi connectivity index (χ4n) is 3.54. The van der Waals surface area contributed by atoms with Crippen LogP contribution in [0.1, 0.15) is 6.92 Å². The fourth-order valence-corrected chi connectivity index (χ4v) is 3.54. The second-order valence-electron chi connectivity index (χ2n) is 7.55. The highest BCUT2D eigenvalue weighted by Gasteiger charge is 2.26. The Kier molecular flexibility index (Phi) is 6.98. The molecule has 4 rings (SSSR count). The summed E-state index contributed by atoms with van der Waals surface area (Å²) in [7, 11) is 1.42. The number of anilines is 1. The van der Waals surface area contributed by atoms with Gasteiger partial charge in [-0.1, -0.05) is 24.3 Å². The van der Waals surface area contributed by atoms with Gasteiger partial charge in [0.25, 0.3) is 0 Å². The molecule has 1 aromatic heterocycles. The monoisotopic (exact) mass is 477 g/mol. The predicted molar refractivity (Wildman–Crippen MR) is 126 cm³/mol. The first-order valence-corrected chi connectivity index (χ1v) is 10.6. The molecule has 178 valence electrons. The molecular formula is C26H21F2N3O4. The maximum absolute atomic E-state index is 14.8. The van der Waals surface area contributed by atoms with Gasteiger partial charge in [0.1, 0.15) is 23.9 Å². The summed E-state index contributed by atoms with van der Waals surface area (Å²) in [6.45, 7) is 1.14. The first-order valence-electron chi connectivity index (χ1n) is 10.6. The van der Waals surface area contributed by atoms with Crippen LogP contribution in [0.2, 0.25) is 0 Å². The number of carbonyl (C=O) groups is 2. The van der Waals surface area contributed by atoms with E-state index < -0.39 is 17.6 Å². The van der Waals surface area contributed by atoms with Crippen LogP contribution in [0.3, 0.4) is 0 Å². The summed E-state index contributed by atoms with van der Waals surface area (Å²) >= 11 is 0. The molecule has 0 radical (unpaired) electrons. The van der Waals surface area contributed by atoms with Crippen molar-refractivity contribution in [2.75, 3.05) is 19.0 Å². The summed E-state index contributed by atoms with van der Waals surface area (Å²) in [4.78, 5) is 23.9. The molecule has 0 saturated carbocycles. The molecule has 0 aliphatic rings. The van der Waals surface area contributed by atoms with Crippen LogP contribution in [0.4, 0.5) is 14.5 Å². The van der Waals surface area contributed by atoms with Crippen LogP contribution in [0.5, 0.6) is 5.88 Å². The van der Waals surface area contributed by atoms with E-state index >= 15 is 0 Å². The first-order chi connectivity index (χ1) is 16.9. The minimum absolute atomic E-state index is 0.0403. The Bertz CT molecular complexity index is 1370. The second kappa shape index (κ2) is 10.3. The highest BCUT2D eigenvalue weighted by atomic mass is 19.1. The van der Waals surface area contributed by atoms with Crippen molar-refractivity contribution in [2.45, 2.75) is 6.92 Å². The Morgan fingerprint density at radius 3 is 2.29 bits per heavy atom. The lowest BCUT2D eigenvalue weighted by Crippen LogP contribution is -2.16. The highest BCUT2D eigenvalue weighted by Crippen LogP contribution is 2.41. The first kappa shape index (κ1) is 23.8. The molecule has 35 heavy (non-hydrogen) atoms. The molecule has 0 bridgehead atoms. The molecule has 7 nitrogen and oxygen atoms in total. The second-order valence-corrected chi connectivity index (χ2v) is 7.55. The molecule has 1 amide bonds. The Morgan fingerprint density at radius 1 is 0.971 bits per heavy atom. The number of amides is 1. The van der Waals surface area contributed by atoms with E-state index in [9.17, 15) is 18.4 Å². The number of hydrogen-bond acceptors (Lipinski definition) is 5. The van der Waals surface area contributed by atoms with E-state index in [1.165, 1.54) is 49.0 Å². The molecule has 0 atom stereocenters. The summed E-state index contributed by atoms with van der Waals surface area (Å²) in [5.74, 6) is -1.86. The number of benzene rings is 3. The van der Waals surface area contributed by atoms with E-state index in [1.54, 1.807) is 42.5 Å². The van der Waals surface area contributed by atoms with Gasteiger partial charge in [-0.3, -0.25) is 9.59 Å². The van der Waals surface area contributed by atoms with Gasteiger partial charge in [-0.15, -0.1) is 0 Å². The number of hydrogen-bond donors (Lipinski definition) is 1. The summed E-state index contributed by atoms with van der Waals surface area (Å²) in [5.41, 5.74) is 2.24. The lowest BCUT2D eigenvalue weighted by molar-refractivity contribution is -0.132. The van der Waals surface area contributed by atoms with Crippen LogP contribution in [0.25, 0.3) is 28.1 Å². The van der Waals surface area contributed by atoms with Crippen LogP contribution in [-0.2, 0) is 14.3 Å². The van der Waals surface area contributed by atoms with E-state index in [4.69, 9.17) is 9.47 Å². The van der Waals surface area contributed by atoms with Gasteiger partial charge >= 0.3 is 5.97 Å². The molecule has 1 N–H and O–H groups in total. The van der Waals surface area contributed by atoms with Gasteiger partial charge in [-0.05, 0) is 54.1 Å². The third-order valence-electron chi connectivity index (χ3n) is 5.02. The zero-order valence-electron chi connectivity index (χ0n) is 18.9. The number of aromatic nitrogens is 2. The number of halogens is 2. The number of nitrogens with zero attached hydrogens (tertiary/aromatic N) is 2. The summed E-state index contributed by atoms with van der Waals surface area (Å²) < 4.78 is 40.1. The van der Waals surface area contributed by atoms with Gasteiger partial charge in [0.15, 0.2) is 0 Å². The molecule has 0 spiro atoms.